The number of carbonyl (C=O) groups excluding carboxylic acids is 1. The molecule has 1 aliphatic carbocycles. The van der Waals surface area contributed by atoms with Crippen LogP contribution in [0.25, 0.3) is 0 Å². The van der Waals surface area contributed by atoms with Gasteiger partial charge in [0.05, 0.1) is 10.6 Å². The van der Waals surface area contributed by atoms with Crippen molar-refractivity contribution in [3.05, 3.63) is 16.0 Å². The minimum absolute atomic E-state index is 0.174. The van der Waals surface area contributed by atoms with Crippen LogP contribution in [0.1, 0.15) is 59.8 Å². The highest BCUT2D eigenvalue weighted by Gasteiger charge is 2.33. The zero-order valence-corrected chi connectivity index (χ0v) is 12.6. The van der Waals surface area contributed by atoms with Crippen molar-refractivity contribution in [2.45, 2.75) is 45.4 Å². The van der Waals surface area contributed by atoms with Gasteiger partial charge in [0.25, 0.3) is 5.91 Å². The molecule has 1 aliphatic heterocycles. The Morgan fingerprint density at radius 2 is 2.00 bits per heavy atom. The largest absolute Gasteiger partial charge is 0.390 e. The lowest BCUT2D eigenvalue weighted by Crippen LogP contribution is -2.29. The minimum atomic E-state index is 0.174. The minimum Gasteiger partial charge on any atom is -0.390 e. The molecule has 4 heteroatoms. The van der Waals surface area contributed by atoms with E-state index in [0.717, 1.165) is 42.9 Å². The molecule has 0 saturated carbocycles. The summed E-state index contributed by atoms with van der Waals surface area (Å²) in [5.74, 6) is 1.28. The smallest absolute Gasteiger partial charge is 0.257 e. The molecule has 1 saturated heterocycles. The van der Waals surface area contributed by atoms with E-state index in [4.69, 9.17) is 5.73 Å². The number of nitrogen functional groups attached to an aromatic ring is 1. The molecule has 3 nitrogen and oxygen atoms in total. The maximum atomic E-state index is 12.7. The fourth-order valence-corrected chi connectivity index (χ4v) is 4.55. The third-order valence-corrected chi connectivity index (χ3v) is 5.89. The number of fused-ring (bicyclic) bond motifs is 1. The van der Waals surface area contributed by atoms with Crippen molar-refractivity contribution in [1.82, 2.24) is 4.90 Å². The van der Waals surface area contributed by atoms with Crippen LogP contribution in [0.5, 0.6) is 0 Å². The number of carbonyl (C=O) groups is 1. The van der Waals surface area contributed by atoms with Gasteiger partial charge in [0.15, 0.2) is 0 Å². The zero-order valence-electron chi connectivity index (χ0n) is 11.7. The van der Waals surface area contributed by atoms with E-state index in [-0.39, 0.29) is 5.91 Å². The second kappa shape index (κ2) is 4.82. The van der Waals surface area contributed by atoms with E-state index in [1.165, 1.54) is 16.9 Å². The van der Waals surface area contributed by atoms with Crippen LogP contribution in [0.4, 0.5) is 5.00 Å². The summed E-state index contributed by atoms with van der Waals surface area (Å²) in [6, 6.07) is 0. The van der Waals surface area contributed by atoms with Crippen LogP contribution >= 0.6 is 11.3 Å². The van der Waals surface area contributed by atoms with Gasteiger partial charge < -0.3 is 10.6 Å². The summed E-state index contributed by atoms with van der Waals surface area (Å²) in [6.45, 7) is 6.32. The lowest BCUT2D eigenvalue weighted by Gasteiger charge is -2.27. The normalized spacial score (nSPS) is 26.5. The maximum absolute atomic E-state index is 12.7. The van der Waals surface area contributed by atoms with Gasteiger partial charge in [-0.05, 0) is 43.1 Å². The van der Waals surface area contributed by atoms with Gasteiger partial charge >= 0.3 is 0 Å². The summed E-state index contributed by atoms with van der Waals surface area (Å²) < 4.78 is 0. The highest BCUT2D eigenvalue weighted by atomic mass is 32.1. The van der Waals surface area contributed by atoms with Crippen molar-refractivity contribution in [3.63, 3.8) is 0 Å². The number of nitrogens with zero attached hydrogens (tertiary/aromatic N) is 1. The quantitative estimate of drug-likeness (QED) is 0.857. The predicted molar refractivity (Wildman–Crippen MR) is 79.8 cm³/mol. The first-order valence-corrected chi connectivity index (χ1v) is 8.11. The Bertz CT molecular complexity index is 502. The highest BCUT2D eigenvalue weighted by molar-refractivity contribution is 7.16. The van der Waals surface area contributed by atoms with Crippen molar-refractivity contribution in [2.75, 3.05) is 18.8 Å². The monoisotopic (exact) mass is 278 g/mol. The molecule has 104 valence electrons. The van der Waals surface area contributed by atoms with Crippen LogP contribution in [0, 0.1) is 5.92 Å². The summed E-state index contributed by atoms with van der Waals surface area (Å²) in [4.78, 5) is 16.0. The van der Waals surface area contributed by atoms with Gasteiger partial charge in [-0.15, -0.1) is 11.3 Å². The molecule has 1 fully saturated rings. The predicted octanol–water partition coefficient (Wildman–Crippen LogP) is 3.25. The Balaban J connectivity index is 2.01. The van der Waals surface area contributed by atoms with Crippen LogP contribution in [0.2, 0.25) is 0 Å². The molecule has 2 aliphatic rings. The van der Waals surface area contributed by atoms with Crippen molar-refractivity contribution in [3.8, 4) is 0 Å². The van der Waals surface area contributed by atoms with E-state index in [1.54, 1.807) is 11.3 Å². The molecular weight excluding hydrogens is 256 g/mol. The molecule has 1 aromatic heterocycles. The molecule has 3 rings (SSSR count). The van der Waals surface area contributed by atoms with Gasteiger partial charge in [-0.25, -0.2) is 0 Å². The van der Waals surface area contributed by atoms with Gasteiger partial charge in [-0.3, -0.25) is 4.79 Å². The molecule has 2 atom stereocenters. The molecule has 2 N–H and O–H groups in total. The van der Waals surface area contributed by atoms with Crippen LogP contribution in [-0.2, 0) is 6.42 Å². The van der Waals surface area contributed by atoms with E-state index < -0.39 is 0 Å². The number of likely N-dealkylation sites (tertiary alicyclic amines) is 1. The van der Waals surface area contributed by atoms with Crippen molar-refractivity contribution in [2.24, 2.45) is 5.92 Å². The third-order valence-electron chi connectivity index (χ3n) is 4.79. The summed E-state index contributed by atoms with van der Waals surface area (Å²) >= 11 is 1.64. The van der Waals surface area contributed by atoms with Crippen LogP contribution in [-0.4, -0.2) is 23.9 Å². The second-order valence-electron chi connectivity index (χ2n) is 5.98. The average Bonchev–Trinajstić information content (AvgIpc) is 3.00. The van der Waals surface area contributed by atoms with Gasteiger partial charge in [0, 0.05) is 18.0 Å². The number of nitrogens with two attached hydrogens (primary N) is 1. The Hall–Kier alpha value is -1.03. The van der Waals surface area contributed by atoms with Crippen molar-refractivity contribution in [1.29, 1.82) is 0 Å². The SMILES string of the molecule is CC1CCc2sc(N)c(C(=O)N3CCCC3)c2C1C. The highest BCUT2D eigenvalue weighted by Crippen LogP contribution is 2.45. The molecule has 19 heavy (non-hydrogen) atoms. The Kier molecular flexibility index (Phi) is 3.29. The number of amides is 1. The number of aryl methyl sites for hydroxylation is 1. The van der Waals surface area contributed by atoms with E-state index in [0.29, 0.717) is 11.8 Å². The summed E-state index contributed by atoms with van der Waals surface area (Å²) in [6.07, 6.45) is 4.56. The second-order valence-corrected chi connectivity index (χ2v) is 7.12. The van der Waals surface area contributed by atoms with E-state index in [2.05, 4.69) is 13.8 Å². The van der Waals surface area contributed by atoms with E-state index in [1.807, 2.05) is 4.90 Å². The lowest BCUT2D eigenvalue weighted by atomic mass is 9.78. The molecule has 0 spiro atoms. The molecule has 0 radical (unpaired) electrons. The Morgan fingerprint density at radius 1 is 1.32 bits per heavy atom. The fraction of sp³-hybridized carbons (Fsp3) is 0.667. The number of rotatable bonds is 1. The summed E-state index contributed by atoms with van der Waals surface area (Å²) in [5, 5.41) is 0.739. The number of hydrogen-bond donors (Lipinski definition) is 1. The first kappa shape index (κ1) is 13.0. The Labute approximate surface area is 118 Å². The summed E-state index contributed by atoms with van der Waals surface area (Å²) in [7, 11) is 0. The van der Waals surface area contributed by atoms with Gasteiger partial charge in [0.2, 0.25) is 0 Å². The first-order chi connectivity index (χ1) is 9.09. The van der Waals surface area contributed by atoms with Gasteiger partial charge in [0.1, 0.15) is 0 Å². The molecule has 2 unspecified atom stereocenters. The van der Waals surface area contributed by atoms with Gasteiger partial charge in [-0.1, -0.05) is 13.8 Å². The molecule has 1 amide bonds. The van der Waals surface area contributed by atoms with Crippen molar-refractivity contribution < 1.29 is 4.79 Å². The number of hydrogen-bond acceptors (Lipinski definition) is 3. The Morgan fingerprint density at radius 3 is 2.68 bits per heavy atom. The zero-order chi connectivity index (χ0) is 13.6. The summed E-state index contributed by atoms with van der Waals surface area (Å²) in [5.41, 5.74) is 8.26. The maximum Gasteiger partial charge on any atom is 0.257 e. The number of anilines is 1. The van der Waals surface area contributed by atoms with E-state index >= 15 is 0 Å². The molecule has 1 aromatic rings. The van der Waals surface area contributed by atoms with E-state index in [9.17, 15) is 4.79 Å². The van der Waals surface area contributed by atoms with Crippen LogP contribution in [0.15, 0.2) is 0 Å². The third kappa shape index (κ3) is 2.06. The fourth-order valence-electron chi connectivity index (χ4n) is 3.37. The topological polar surface area (TPSA) is 46.3 Å². The standard InChI is InChI=1S/C15H22N2OS/c1-9-5-6-11-12(10(9)2)13(14(16)19-11)15(18)17-7-3-4-8-17/h9-10H,3-8,16H2,1-2H3. The molecule has 2 heterocycles. The molecular formula is C15H22N2OS. The van der Waals surface area contributed by atoms with Crippen LogP contribution < -0.4 is 5.73 Å². The van der Waals surface area contributed by atoms with Gasteiger partial charge in [-0.2, -0.15) is 0 Å². The molecule has 0 aromatic carbocycles. The molecule has 0 bridgehead atoms. The lowest BCUT2D eigenvalue weighted by molar-refractivity contribution is 0.0792. The first-order valence-electron chi connectivity index (χ1n) is 7.30. The average molecular weight is 278 g/mol. The van der Waals surface area contributed by atoms with Crippen molar-refractivity contribution >= 4 is 22.2 Å². The number of thiophene rings is 1. The van der Waals surface area contributed by atoms with Crippen LogP contribution in [0.3, 0.4) is 0 Å².